The maximum atomic E-state index is 5.80. The summed E-state index contributed by atoms with van der Waals surface area (Å²) in [5, 5.41) is 0. The van der Waals surface area contributed by atoms with Crippen LogP contribution in [0.3, 0.4) is 0 Å². The SMILES string of the molecule is CCOC(C)=Cc1cccc(OCc2ccccc2)c1. The Labute approximate surface area is 120 Å². The van der Waals surface area contributed by atoms with E-state index in [1.165, 1.54) is 5.56 Å². The van der Waals surface area contributed by atoms with Gasteiger partial charge < -0.3 is 9.47 Å². The van der Waals surface area contributed by atoms with Gasteiger partial charge in [0.1, 0.15) is 12.4 Å². The molecule has 2 aromatic carbocycles. The van der Waals surface area contributed by atoms with Crippen LogP contribution in [0.1, 0.15) is 25.0 Å². The number of hydrogen-bond acceptors (Lipinski definition) is 2. The van der Waals surface area contributed by atoms with E-state index in [-0.39, 0.29) is 0 Å². The molecule has 2 nitrogen and oxygen atoms in total. The lowest BCUT2D eigenvalue weighted by molar-refractivity contribution is 0.235. The normalized spacial score (nSPS) is 11.2. The summed E-state index contributed by atoms with van der Waals surface area (Å²) in [6, 6.07) is 18.2. The number of allylic oxidation sites excluding steroid dienone is 1. The molecule has 0 saturated heterocycles. The molecule has 2 heteroatoms. The van der Waals surface area contributed by atoms with Gasteiger partial charge >= 0.3 is 0 Å². The molecular weight excluding hydrogens is 248 g/mol. The molecule has 2 rings (SSSR count). The van der Waals surface area contributed by atoms with Gasteiger partial charge in [0.15, 0.2) is 0 Å². The van der Waals surface area contributed by atoms with Gasteiger partial charge in [-0.1, -0.05) is 42.5 Å². The molecule has 0 atom stereocenters. The molecule has 0 fully saturated rings. The lowest BCUT2D eigenvalue weighted by Gasteiger charge is -2.07. The molecule has 0 bridgehead atoms. The molecule has 0 N–H and O–H groups in total. The van der Waals surface area contributed by atoms with Crippen molar-refractivity contribution in [1.82, 2.24) is 0 Å². The summed E-state index contributed by atoms with van der Waals surface area (Å²) in [5.41, 5.74) is 2.25. The lowest BCUT2D eigenvalue weighted by atomic mass is 10.2. The Hall–Kier alpha value is -2.22. The first kappa shape index (κ1) is 14.2. The van der Waals surface area contributed by atoms with E-state index >= 15 is 0 Å². The van der Waals surface area contributed by atoms with Gasteiger partial charge in [0, 0.05) is 0 Å². The smallest absolute Gasteiger partial charge is 0.120 e. The monoisotopic (exact) mass is 268 g/mol. The number of benzene rings is 2. The first-order chi connectivity index (χ1) is 9.78. The highest BCUT2D eigenvalue weighted by atomic mass is 16.5. The molecule has 0 unspecified atom stereocenters. The van der Waals surface area contributed by atoms with E-state index in [4.69, 9.17) is 9.47 Å². The highest BCUT2D eigenvalue weighted by Crippen LogP contribution is 2.17. The maximum absolute atomic E-state index is 5.80. The van der Waals surface area contributed by atoms with Crippen LogP contribution in [0.4, 0.5) is 0 Å². The van der Waals surface area contributed by atoms with Gasteiger partial charge in [-0.05, 0) is 43.2 Å². The second kappa shape index (κ2) is 7.39. The van der Waals surface area contributed by atoms with Gasteiger partial charge in [0.05, 0.1) is 12.4 Å². The van der Waals surface area contributed by atoms with Crippen molar-refractivity contribution in [1.29, 1.82) is 0 Å². The topological polar surface area (TPSA) is 18.5 Å². The summed E-state index contributed by atoms with van der Waals surface area (Å²) in [4.78, 5) is 0. The van der Waals surface area contributed by atoms with Crippen molar-refractivity contribution >= 4 is 6.08 Å². The molecule has 0 amide bonds. The van der Waals surface area contributed by atoms with E-state index < -0.39 is 0 Å². The summed E-state index contributed by atoms with van der Waals surface area (Å²) in [6.45, 7) is 5.21. The van der Waals surface area contributed by atoms with Gasteiger partial charge in [0.2, 0.25) is 0 Å². The molecule has 0 aliphatic heterocycles. The van der Waals surface area contributed by atoms with Crippen molar-refractivity contribution in [3.05, 3.63) is 71.5 Å². The average molecular weight is 268 g/mol. The number of ether oxygens (including phenoxy) is 2. The van der Waals surface area contributed by atoms with E-state index in [1.54, 1.807) is 0 Å². The fraction of sp³-hybridized carbons (Fsp3) is 0.222. The summed E-state index contributed by atoms with van der Waals surface area (Å²) in [6.07, 6.45) is 2.01. The molecule has 0 heterocycles. The van der Waals surface area contributed by atoms with Crippen molar-refractivity contribution in [3.8, 4) is 5.75 Å². The van der Waals surface area contributed by atoms with Gasteiger partial charge in [-0.25, -0.2) is 0 Å². The van der Waals surface area contributed by atoms with Crippen molar-refractivity contribution in [3.63, 3.8) is 0 Å². The third-order valence-corrected chi connectivity index (χ3v) is 2.85. The Morgan fingerprint density at radius 1 is 1.05 bits per heavy atom. The van der Waals surface area contributed by atoms with Gasteiger partial charge in [0.25, 0.3) is 0 Å². The van der Waals surface area contributed by atoms with Crippen molar-refractivity contribution in [2.75, 3.05) is 6.61 Å². The standard InChI is InChI=1S/C18H20O2/c1-3-19-15(2)12-17-10-7-11-18(13-17)20-14-16-8-5-4-6-9-16/h4-13H,3,14H2,1-2H3. The minimum atomic E-state index is 0.582. The van der Waals surface area contributed by atoms with Gasteiger partial charge in [-0.15, -0.1) is 0 Å². The zero-order valence-corrected chi connectivity index (χ0v) is 12.0. The van der Waals surface area contributed by atoms with Crippen molar-refractivity contribution in [2.45, 2.75) is 20.5 Å². The molecule has 104 valence electrons. The van der Waals surface area contributed by atoms with Gasteiger partial charge in [-0.2, -0.15) is 0 Å². The largest absolute Gasteiger partial charge is 0.499 e. The molecule has 0 saturated carbocycles. The molecule has 0 aromatic heterocycles. The Kier molecular flexibility index (Phi) is 5.24. The fourth-order valence-electron chi connectivity index (χ4n) is 1.94. The van der Waals surface area contributed by atoms with E-state index in [9.17, 15) is 0 Å². The highest BCUT2D eigenvalue weighted by molar-refractivity contribution is 5.53. The first-order valence-electron chi connectivity index (χ1n) is 6.86. The van der Waals surface area contributed by atoms with Crippen LogP contribution in [0.25, 0.3) is 6.08 Å². The van der Waals surface area contributed by atoms with Crippen LogP contribution in [-0.4, -0.2) is 6.61 Å². The molecule has 0 aliphatic carbocycles. The van der Waals surface area contributed by atoms with Crippen LogP contribution in [0, 0.1) is 0 Å². The van der Waals surface area contributed by atoms with E-state index in [2.05, 4.69) is 12.1 Å². The zero-order chi connectivity index (χ0) is 14.2. The van der Waals surface area contributed by atoms with Gasteiger partial charge in [-0.3, -0.25) is 0 Å². The average Bonchev–Trinajstić information content (AvgIpc) is 2.47. The van der Waals surface area contributed by atoms with Crippen LogP contribution in [-0.2, 0) is 11.3 Å². The number of rotatable bonds is 6. The fourth-order valence-corrected chi connectivity index (χ4v) is 1.94. The minimum Gasteiger partial charge on any atom is -0.499 e. The van der Waals surface area contributed by atoms with Crippen LogP contribution in [0.5, 0.6) is 5.75 Å². The van der Waals surface area contributed by atoms with E-state index in [1.807, 2.05) is 62.4 Å². The predicted molar refractivity (Wildman–Crippen MR) is 82.5 cm³/mol. The summed E-state index contributed by atoms with van der Waals surface area (Å²) < 4.78 is 11.2. The van der Waals surface area contributed by atoms with E-state index in [0.29, 0.717) is 13.2 Å². The third-order valence-electron chi connectivity index (χ3n) is 2.85. The second-order valence-corrected chi connectivity index (χ2v) is 4.53. The molecule has 2 aromatic rings. The summed E-state index contributed by atoms with van der Waals surface area (Å²) >= 11 is 0. The number of hydrogen-bond donors (Lipinski definition) is 0. The van der Waals surface area contributed by atoms with Crippen LogP contribution >= 0.6 is 0 Å². The molecule has 0 aliphatic rings. The summed E-state index contributed by atoms with van der Waals surface area (Å²) in [7, 11) is 0. The quantitative estimate of drug-likeness (QED) is 0.709. The molecular formula is C18H20O2. The third kappa shape index (κ3) is 4.47. The zero-order valence-electron chi connectivity index (χ0n) is 12.0. The Morgan fingerprint density at radius 2 is 1.85 bits per heavy atom. The summed E-state index contributed by atoms with van der Waals surface area (Å²) in [5.74, 6) is 1.78. The second-order valence-electron chi connectivity index (χ2n) is 4.53. The molecule has 20 heavy (non-hydrogen) atoms. The Morgan fingerprint density at radius 3 is 2.60 bits per heavy atom. The van der Waals surface area contributed by atoms with Crippen molar-refractivity contribution < 1.29 is 9.47 Å². The Balaban J connectivity index is 2.01. The minimum absolute atomic E-state index is 0.582. The van der Waals surface area contributed by atoms with Crippen LogP contribution in [0.2, 0.25) is 0 Å². The maximum Gasteiger partial charge on any atom is 0.120 e. The first-order valence-corrected chi connectivity index (χ1v) is 6.86. The predicted octanol–water partition coefficient (Wildman–Crippen LogP) is 4.66. The molecule has 0 spiro atoms. The van der Waals surface area contributed by atoms with Crippen molar-refractivity contribution in [2.24, 2.45) is 0 Å². The van der Waals surface area contributed by atoms with Crippen LogP contribution in [0.15, 0.2) is 60.4 Å². The molecule has 0 radical (unpaired) electrons. The lowest BCUT2D eigenvalue weighted by Crippen LogP contribution is -1.95. The Bertz CT molecular complexity index is 559. The van der Waals surface area contributed by atoms with E-state index in [0.717, 1.165) is 17.1 Å². The highest BCUT2D eigenvalue weighted by Gasteiger charge is 1.97. The van der Waals surface area contributed by atoms with Crippen LogP contribution < -0.4 is 4.74 Å².